The summed E-state index contributed by atoms with van der Waals surface area (Å²) in [6.45, 7) is -3.32. The third kappa shape index (κ3) is 16.7. The van der Waals surface area contributed by atoms with E-state index in [1.54, 1.807) is 0 Å². The summed E-state index contributed by atoms with van der Waals surface area (Å²) in [5.41, 5.74) is 0. The van der Waals surface area contributed by atoms with E-state index < -0.39 is 62.6 Å². The Hall–Kier alpha value is -1.45. The molecule has 0 saturated heterocycles. The SMILES string of the molecule is O=C([O-])CN(CCN(CC(=O)[O-])CC(=O)O)CCN(CC(=O)O)CC(=O)O.[Gd]. The van der Waals surface area contributed by atoms with Gasteiger partial charge in [0, 0.05) is 79.2 Å². The molecule has 0 amide bonds. The topological polar surface area (TPSA) is 202 Å². The van der Waals surface area contributed by atoms with Crippen molar-refractivity contribution in [2.45, 2.75) is 0 Å². The van der Waals surface area contributed by atoms with Crippen LogP contribution in [0.15, 0.2) is 0 Å². The number of aliphatic carboxylic acids is 5. The molecule has 14 heteroatoms. The molecule has 0 saturated carbocycles. The van der Waals surface area contributed by atoms with Crippen molar-refractivity contribution in [1.29, 1.82) is 0 Å². The van der Waals surface area contributed by atoms with E-state index in [4.69, 9.17) is 15.3 Å². The van der Waals surface area contributed by atoms with Crippen LogP contribution in [0.25, 0.3) is 0 Å². The second kappa shape index (κ2) is 15.5. The molecule has 0 aromatic carbocycles. The Morgan fingerprint density at radius 1 is 0.536 bits per heavy atom. The van der Waals surface area contributed by atoms with Gasteiger partial charge in [-0.2, -0.15) is 0 Å². The van der Waals surface area contributed by atoms with Crippen molar-refractivity contribution < 1.29 is 89.4 Å². The van der Waals surface area contributed by atoms with Crippen molar-refractivity contribution in [3.63, 3.8) is 0 Å². The van der Waals surface area contributed by atoms with Crippen LogP contribution in [0.1, 0.15) is 0 Å². The van der Waals surface area contributed by atoms with E-state index in [0.29, 0.717) is 0 Å². The van der Waals surface area contributed by atoms with Crippen molar-refractivity contribution in [3.05, 3.63) is 0 Å². The third-order valence-electron chi connectivity index (χ3n) is 3.25. The van der Waals surface area contributed by atoms with E-state index in [9.17, 15) is 34.2 Å². The zero-order valence-corrected chi connectivity index (χ0v) is 17.0. The molecule has 3 N–H and O–H groups in total. The molecule has 0 bridgehead atoms. The Bertz CT molecular complexity index is 487. The molecule has 0 aromatic rings. The van der Waals surface area contributed by atoms with Gasteiger partial charge in [-0.3, -0.25) is 29.1 Å². The van der Waals surface area contributed by atoms with E-state index >= 15 is 0 Å². The molecule has 28 heavy (non-hydrogen) atoms. The van der Waals surface area contributed by atoms with Gasteiger partial charge in [-0.25, -0.2) is 0 Å². The molecule has 0 atom stereocenters. The Morgan fingerprint density at radius 3 is 1.07 bits per heavy atom. The van der Waals surface area contributed by atoms with Crippen LogP contribution in [-0.2, 0) is 24.0 Å². The number of carbonyl (C=O) groups excluding carboxylic acids is 2. The molecule has 0 unspecified atom stereocenters. The van der Waals surface area contributed by atoms with Crippen LogP contribution < -0.4 is 10.2 Å². The van der Waals surface area contributed by atoms with Crippen molar-refractivity contribution in [1.82, 2.24) is 14.7 Å². The average Bonchev–Trinajstić information content (AvgIpc) is 2.46. The van der Waals surface area contributed by atoms with Crippen molar-refractivity contribution in [3.8, 4) is 0 Å². The fourth-order valence-electron chi connectivity index (χ4n) is 2.20. The molecule has 0 aliphatic heterocycles. The summed E-state index contributed by atoms with van der Waals surface area (Å²) in [5, 5.41) is 47.8. The molecule has 0 heterocycles. The standard InChI is InChI=1S/C14H23N3O10.Gd/c18-10(19)5-15(1-3-16(6-11(20)21)7-12(22)23)2-4-17(8-13(24)25)9-14(26)27;/h1-9H2,(H,18,19)(H,20,21)(H,22,23)(H,24,25)(H,26,27);/p-2. The van der Waals surface area contributed by atoms with E-state index in [-0.39, 0.29) is 66.1 Å². The smallest absolute Gasteiger partial charge is 0.317 e. The average molecular weight is 549 g/mol. The first-order valence-electron chi connectivity index (χ1n) is 7.71. The number of carboxylic acids is 5. The van der Waals surface area contributed by atoms with Gasteiger partial charge in [0.1, 0.15) is 0 Å². The maximum atomic E-state index is 10.8. The van der Waals surface area contributed by atoms with Crippen molar-refractivity contribution >= 4 is 29.8 Å². The summed E-state index contributed by atoms with van der Waals surface area (Å²) in [4.78, 5) is 57.1. The summed E-state index contributed by atoms with van der Waals surface area (Å²) < 4.78 is 0. The van der Waals surface area contributed by atoms with Gasteiger partial charge in [0.25, 0.3) is 0 Å². The minimum absolute atomic E-state index is 0. The van der Waals surface area contributed by atoms with E-state index in [2.05, 4.69) is 0 Å². The van der Waals surface area contributed by atoms with Crippen LogP contribution in [0.3, 0.4) is 0 Å². The predicted molar refractivity (Wildman–Crippen MR) is 82.2 cm³/mol. The van der Waals surface area contributed by atoms with E-state index in [1.165, 1.54) is 4.90 Å². The van der Waals surface area contributed by atoms with Gasteiger partial charge in [0.2, 0.25) is 0 Å². The largest absolute Gasteiger partial charge is 0.549 e. The fraction of sp³-hybridized carbons (Fsp3) is 0.643. The fourth-order valence-corrected chi connectivity index (χ4v) is 2.20. The summed E-state index contributed by atoms with van der Waals surface area (Å²) >= 11 is 0. The molecule has 162 valence electrons. The first-order valence-corrected chi connectivity index (χ1v) is 7.71. The van der Waals surface area contributed by atoms with Gasteiger partial charge in [0.15, 0.2) is 0 Å². The third-order valence-corrected chi connectivity index (χ3v) is 3.25. The molecule has 0 spiro atoms. The number of rotatable bonds is 16. The normalized spacial score (nSPS) is 10.7. The Labute approximate surface area is 192 Å². The zero-order chi connectivity index (χ0) is 21.0. The maximum Gasteiger partial charge on any atom is 0.317 e. The quantitative estimate of drug-likeness (QED) is 0.165. The van der Waals surface area contributed by atoms with Gasteiger partial charge < -0.3 is 35.1 Å². The van der Waals surface area contributed by atoms with Gasteiger partial charge in [-0.1, -0.05) is 0 Å². The van der Waals surface area contributed by atoms with Crippen LogP contribution >= 0.6 is 0 Å². The van der Waals surface area contributed by atoms with Crippen LogP contribution in [0, 0.1) is 39.9 Å². The van der Waals surface area contributed by atoms with Gasteiger partial charge in [-0.15, -0.1) is 0 Å². The Kier molecular flexibility index (Phi) is 15.9. The van der Waals surface area contributed by atoms with Crippen LogP contribution in [0.2, 0.25) is 0 Å². The minimum Gasteiger partial charge on any atom is -0.549 e. The van der Waals surface area contributed by atoms with Gasteiger partial charge in [0.05, 0.1) is 31.6 Å². The molecule has 13 nitrogen and oxygen atoms in total. The molecule has 0 rings (SSSR count). The summed E-state index contributed by atoms with van der Waals surface area (Å²) in [5.74, 6) is -6.76. The monoisotopic (exact) mass is 549 g/mol. The Balaban J connectivity index is 0. The molecular formula is C14H21GdN3O10-2. The van der Waals surface area contributed by atoms with E-state index in [0.717, 1.165) is 9.80 Å². The number of carboxylic acid groups (broad SMARTS) is 5. The molecule has 0 aromatic heterocycles. The van der Waals surface area contributed by atoms with Crippen molar-refractivity contribution in [2.75, 3.05) is 58.9 Å². The summed E-state index contributed by atoms with van der Waals surface area (Å²) in [6, 6.07) is 0. The second-order valence-electron chi connectivity index (χ2n) is 5.62. The number of hydrogen-bond donors (Lipinski definition) is 3. The molecule has 0 radical (unpaired) electrons. The van der Waals surface area contributed by atoms with Crippen LogP contribution in [-0.4, -0.2) is 119 Å². The Morgan fingerprint density at radius 2 is 0.786 bits per heavy atom. The number of hydrogen-bond acceptors (Lipinski definition) is 10. The first-order chi connectivity index (χ1) is 12.5. The number of carbonyl (C=O) groups is 5. The van der Waals surface area contributed by atoms with Crippen LogP contribution in [0.5, 0.6) is 0 Å². The predicted octanol–water partition coefficient (Wildman–Crippen LogP) is -5.35. The summed E-state index contributed by atoms with van der Waals surface area (Å²) in [6.07, 6.45) is 0. The van der Waals surface area contributed by atoms with E-state index in [1.807, 2.05) is 0 Å². The molecule has 0 fully saturated rings. The molecule has 0 aliphatic rings. The first kappa shape index (κ1) is 28.8. The maximum absolute atomic E-state index is 10.8. The van der Waals surface area contributed by atoms with Crippen molar-refractivity contribution in [2.24, 2.45) is 0 Å². The summed E-state index contributed by atoms with van der Waals surface area (Å²) in [7, 11) is 0. The second-order valence-corrected chi connectivity index (χ2v) is 5.62. The molecular weight excluding hydrogens is 527 g/mol. The van der Waals surface area contributed by atoms with Gasteiger partial charge >= 0.3 is 17.9 Å². The van der Waals surface area contributed by atoms with Gasteiger partial charge in [-0.05, 0) is 0 Å². The zero-order valence-electron chi connectivity index (χ0n) is 14.8. The molecule has 0 aliphatic carbocycles. The number of nitrogens with zero attached hydrogens (tertiary/aromatic N) is 3. The van der Waals surface area contributed by atoms with Crippen LogP contribution in [0.4, 0.5) is 0 Å². The minimum atomic E-state index is -1.50.